The normalized spacial score (nSPS) is 20.6. The van der Waals surface area contributed by atoms with Gasteiger partial charge in [-0.2, -0.15) is 0 Å². The van der Waals surface area contributed by atoms with Crippen LogP contribution in [0, 0.1) is 5.82 Å². The van der Waals surface area contributed by atoms with E-state index in [4.69, 9.17) is 10.5 Å². The number of anilines is 2. The molecule has 2 fully saturated rings. The second-order valence-corrected chi connectivity index (χ2v) is 7.16. The molecule has 2 aliphatic rings. The predicted molar refractivity (Wildman–Crippen MR) is 108 cm³/mol. The molecule has 0 saturated carbocycles. The summed E-state index contributed by atoms with van der Waals surface area (Å²) in [6.45, 7) is 4.19. The Hall–Kier alpha value is -2.75. The molecule has 2 aliphatic heterocycles. The maximum absolute atomic E-state index is 14.9. The van der Waals surface area contributed by atoms with Crippen LogP contribution in [-0.2, 0) is 11.3 Å². The molecule has 0 aliphatic carbocycles. The molecule has 1 aromatic carbocycles. The van der Waals surface area contributed by atoms with Gasteiger partial charge < -0.3 is 15.4 Å². The van der Waals surface area contributed by atoms with Gasteiger partial charge in [-0.25, -0.2) is 14.2 Å². The van der Waals surface area contributed by atoms with Gasteiger partial charge >= 0.3 is 6.09 Å². The fourth-order valence-electron chi connectivity index (χ4n) is 3.64. The van der Waals surface area contributed by atoms with Crippen LogP contribution < -0.4 is 21.0 Å². The molecular formula is C20H25FN6O2. The van der Waals surface area contributed by atoms with Crippen LogP contribution in [0.1, 0.15) is 5.56 Å². The number of nitrogens with two attached hydrogens (primary N) is 1. The highest BCUT2D eigenvalue weighted by molar-refractivity contribution is 5.90. The molecule has 0 radical (unpaired) electrons. The minimum Gasteiger partial charge on any atom is -0.443 e. The zero-order chi connectivity index (χ0) is 20.2. The average Bonchev–Trinajstić information content (AvgIpc) is 2.96. The molecule has 1 aromatic heterocycles. The van der Waals surface area contributed by atoms with Gasteiger partial charge in [-0.1, -0.05) is 0 Å². The number of carbonyl (C=O) groups excluding carboxylic acids is 1. The lowest BCUT2D eigenvalue weighted by Crippen LogP contribution is -2.38. The summed E-state index contributed by atoms with van der Waals surface area (Å²) >= 11 is 0. The second-order valence-electron chi connectivity index (χ2n) is 7.16. The SMILES string of the molecule is NCC1CN(c2ccc(N3CCNN(Cc4ccncc4)CC3)c(F)c2)C(=O)O1. The molecule has 1 amide bonds. The van der Waals surface area contributed by atoms with Gasteiger partial charge in [-0.05, 0) is 35.9 Å². The van der Waals surface area contributed by atoms with Crippen molar-refractivity contribution in [2.75, 3.05) is 49.1 Å². The van der Waals surface area contributed by atoms with E-state index >= 15 is 0 Å². The van der Waals surface area contributed by atoms with E-state index in [0.717, 1.165) is 13.1 Å². The van der Waals surface area contributed by atoms with Gasteiger partial charge in [0.25, 0.3) is 0 Å². The highest BCUT2D eigenvalue weighted by Gasteiger charge is 2.32. The van der Waals surface area contributed by atoms with Crippen LogP contribution in [0.3, 0.4) is 0 Å². The van der Waals surface area contributed by atoms with Crippen molar-refractivity contribution >= 4 is 17.5 Å². The van der Waals surface area contributed by atoms with Gasteiger partial charge in [0.2, 0.25) is 0 Å². The van der Waals surface area contributed by atoms with E-state index < -0.39 is 6.09 Å². The smallest absolute Gasteiger partial charge is 0.414 e. The van der Waals surface area contributed by atoms with Crippen LogP contribution in [-0.4, -0.2) is 61.5 Å². The third kappa shape index (κ3) is 4.47. The van der Waals surface area contributed by atoms with Crippen molar-refractivity contribution in [1.82, 2.24) is 15.4 Å². The number of carbonyl (C=O) groups is 1. The number of halogens is 1. The van der Waals surface area contributed by atoms with Crippen molar-refractivity contribution in [3.05, 3.63) is 54.1 Å². The molecule has 9 heteroatoms. The van der Waals surface area contributed by atoms with Gasteiger partial charge in [0.05, 0.1) is 17.9 Å². The van der Waals surface area contributed by atoms with E-state index in [1.165, 1.54) is 16.5 Å². The summed E-state index contributed by atoms with van der Waals surface area (Å²) in [5, 5.41) is 2.13. The first-order valence-electron chi connectivity index (χ1n) is 9.74. The Morgan fingerprint density at radius 1 is 1.21 bits per heavy atom. The Labute approximate surface area is 169 Å². The Bertz CT molecular complexity index is 852. The van der Waals surface area contributed by atoms with E-state index in [9.17, 15) is 9.18 Å². The number of nitrogens with zero attached hydrogens (tertiary/aromatic N) is 4. The fourth-order valence-corrected chi connectivity index (χ4v) is 3.64. The number of amides is 1. The van der Waals surface area contributed by atoms with E-state index in [1.54, 1.807) is 24.5 Å². The van der Waals surface area contributed by atoms with E-state index in [-0.39, 0.29) is 18.5 Å². The Morgan fingerprint density at radius 2 is 2.03 bits per heavy atom. The number of hydrogen-bond donors (Lipinski definition) is 2. The molecule has 1 atom stereocenters. The number of benzene rings is 1. The number of rotatable bonds is 5. The third-order valence-electron chi connectivity index (χ3n) is 5.20. The molecule has 2 aromatic rings. The summed E-state index contributed by atoms with van der Waals surface area (Å²) in [6.07, 6.45) is 2.72. The van der Waals surface area contributed by atoms with Crippen LogP contribution in [0.25, 0.3) is 0 Å². The lowest BCUT2D eigenvalue weighted by Gasteiger charge is -2.24. The predicted octanol–water partition coefficient (Wildman–Crippen LogP) is 1.33. The largest absolute Gasteiger partial charge is 0.443 e. The lowest BCUT2D eigenvalue weighted by atomic mass is 10.2. The maximum Gasteiger partial charge on any atom is 0.414 e. The third-order valence-corrected chi connectivity index (χ3v) is 5.20. The Balaban J connectivity index is 1.41. The van der Waals surface area contributed by atoms with Crippen LogP contribution in [0.4, 0.5) is 20.6 Å². The molecule has 29 heavy (non-hydrogen) atoms. The molecular weight excluding hydrogens is 375 g/mol. The number of ether oxygens (including phenoxy) is 1. The number of hydrazine groups is 1. The molecule has 0 bridgehead atoms. The highest BCUT2D eigenvalue weighted by atomic mass is 19.1. The van der Waals surface area contributed by atoms with Gasteiger partial charge in [0.1, 0.15) is 11.9 Å². The standard InChI is InChI=1S/C20H25FN6O2/c21-18-11-16(27-14-17(12-22)29-20(27)28)1-2-19(18)25-8-7-24-26(10-9-25)13-15-3-5-23-6-4-15/h1-6,11,17,24H,7-10,12-14,22H2. The zero-order valence-electron chi connectivity index (χ0n) is 16.1. The summed E-state index contributed by atoms with van der Waals surface area (Å²) in [4.78, 5) is 19.5. The quantitative estimate of drug-likeness (QED) is 0.783. The summed E-state index contributed by atoms with van der Waals surface area (Å²) in [5.74, 6) is -0.353. The monoisotopic (exact) mass is 400 g/mol. The van der Waals surface area contributed by atoms with Crippen molar-refractivity contribution in [2.45, 2.75) is 12.6 Å². The topological polar surface area (TPSA) is 87.0 Å². The number of nitrogens with one attached hydrogen (secondary N) is 1. The van der Waals surface area contributed by atoms with Gasteiger partial charge in [-0.15, -0.1) is 0 Å². The summed E-state index contributed by atoms with van der Waals surface area (Å²) in [5.41, 5.74) is 11.1. The van der Waals surface area contributed by atoms with Crippen LogP contribution >= 0.6 is 0 Å². The van der Waals surface area contributed by atoms with Gasteiger partial charge in [0, 0.05) is 51.7 Å². The van der Waals surface area contributed by atoms with Crippen molar-refractivity contribution in [1.29, 1.82) is 0 Å². The van der Waals surface area contributed by atoms with Crippen LogP contribution in [0.2, 0.25) is 0 Å². The van der Waals surface area contributed by atoms with Crippen LogP contribution in [0.5, 0.6) is 0 Å². The lowest BCUT2D eigenvalue weighted by molar-refractivity contribution is 0.145. The first kappa shape index (κ1) is 19.6. The maximum atomic E-state index is 14.9. The van der Waals surface area contributed by atoms with Crippen molar-refractivity contribution in [2.24, 2.45) is 5.73 Å². The minimum absolute atomic E-state index is 0.250. The molecule has 3 heterocycles. The number of aromatic nitrogens is 1. The average molecular weight is 400 g/mol. The van der Waals surface area contributed by atoms with E-state index in [0.29, 0.717) is 37.6 Å². The minimum atomic E-state index is -0.488. The van der Waals surface area contributed by atoms with E-state index in [2.05, 4.69) is 15.4 Å². The van der Waals surface area contributed by atoms with E-state index in [1.807, 2.05) is 17.0 Å². The molecule has 4 rings (SSSR count). The van der Waals surface area contributed by atoms with Gasteiger partial charge in [-0.3, -0.25) is 15.3 Å². The highest BCUT2D eigenvalue weighted by Crippen LogP contribution is 2.28. The van der Waals surface area contributed by atoms with Gasteiger partial charge in [0.15, 0.2) is 0 Å². The zero-order valence-corrected chi connectivity index (χ0v) is 16.1. The number of cyclic esters (lactones) is 1. The molecule has 0 spiro atoms. The van der Waals surface area contributed by atoms with Crippen molar-refractivity contribution in [3.8, 4) is 0 Å². The second kappa shape index (κ2) is 8.73. The Kier molecular flexibility index (Phi) is 5.89. The number of hydrogen-bond acceptors (Lipinski definition) is 7. The first-order chi connectivity index (χ1) is 14.1. The fraction of sp³-hybridized carbons (Fsp3) is 0.400. The summed E-state index contributed by atoms with van der Waals surface area (Å²) < 4.78 is 20.0. The molecule has 154 valence electrons. The first-order valence-corrected chi connectivity index (χ1v) is 9.74. The molecule has 2 saturated heterocycles. The summed E-state index contributed by atoms with van der Waals surface area (Å²) in [6, 6.07) is 8.85. The molecule has 3 N–H and O–H groups in total. The Morgan fingerprint density at radius 3 is 2.76 bits per heavy atom. The van der Waals surface area contributed by atoms with Crippen LogP contribution in [0.15, 0.2) is 42.7 Å². The number of pyridine rings is 1. The molecule has 8 nitrogen and oxygen atoms in total. The van der Waals surface area contributed by atoms with Crippen molar-refractivity contribution < 1.29 is 13.9 Å². The molecule has 1 unspecified atom stereocenters. The van der Waals surface area contributed by atoms with Crippen molar-refractivity contribution in [3.63, 3.8) is 0 Å². The summed E-state index contributed by atoms with van der Waals surface area (Å²) in [7, 11) is 0.